The van der Waals surface area contributed by atoms with Crippen molar-refractivity contribution in [3.63, 3.8) is 0 Å². The number of aryl methyl sites for hydroxylation is 2. The van der Waals surface area contributed by atoms with Gasteiger partial charge in [-0.15, -0.1) is 11.3 Å². The van der Waals surface area contributed by atoms with Crippen LogP contribution in [-0.2, 0) is 6.42 Å². The molecule has 18 heavy (non-hydrogen) atoms. The predicted octanol–water partition coefficient (Wildman–Crippen LogP) is 3.65. The standard InChI is InChI=1S/C15H18O2S/c1-10-4-6-14(17-3)12(8-10)9-13(16)15-7-5-11(2)18-15/h4-8,13,16H,9H2,1-3H3. The summed E-state index contributed by atoms with van der Waals surface area (Å²) in [5, 5.41) is 10.3. The van der Waals surface area contributed by atoms with Gasteiger partial charge in [-0.1, -0.05) is 17.7 Å². The Balaban J connectivity index is 2.20. The van der Waals surface area contributed by atoms with Crippen LogP contribution in [0.15, 0.2) is 30.3 Å². The highest BCUT2D eigenvalue weighted by Gasteiger charge is 2.13. The third-order valence-electron chi connectivity index (χ3n) is 2.94. The molecule has 0 aliphatic carbocycles. The Labute approximate surface area is 112 Å². The summed E-state index contributed by atoms with van der Waals surface area (Å²) in [6.07, 6.45) is 0.129. The molecule has 3 heteroatoms. The first-order valence-electron chi connectivity index (χ1n) is 5.98. The summed E-state index contributed by atoms with van der Waals surface area (Å²) in [5.41, 5.74) is 2.23. The maximum Gasteiger partial charge on any atom is 0.122 e. The van der Waals surface area contributed by atoms with Crippen molar-refractivity contribution >= 4 is 11.3 Å². The third-order valence-corrected chi connectivity index (χ3v) is 4.04. The fourth-order valence-electron chi connectivity index (χ4n) is 2.01. The molecular weight excluding hydrogens is 244 g/mol. The van der Waals surface area contributed by atoms with Gasteiger partial charge >= 0.3 is 0 Å². The minimum Gasteiger partial charge on any atom is -0.496 e. The lowest BCUT2D eigenvalue weighted by molar-refractivity contribution is 0.181. The highest BCUT2D eigenvalue weighted by atomic mass is 32.1. The fraction of sp³-hybridized carbons (Fsp3) is 0.333. The van der Waals surface area contributed by atoms with Gasteiger partial charge in [0.2, 0.25) is 0 Å². The van der Waals surface area contributed by atoms with Gasteiger partial charge in [-0.2, -0.15) is 0 Å². The van der Waals surface area contributed by atoms with Gasteiger partial charge in [-0.05, 0) is 37.6 Å². The normalized spacial score (nSPS) is 12.4. The zero-order valence-corrected chi connectivity index (χ0v) is 11.8. The number of methoxy groups -OCH3 is 1. The van der Waals surface area contributed by atoms with Gasteiger partial charge in [0.15, 0.2) is 0 Å². The van der Waals surface area contributed by atoms with Crippen LogP contribution < -0.4 is 4.74 Å². The van der Waals surface area contributed by atoms with Crippen LogP contribution in [0.1, 0.15) is 27.0 Å². The second kappa shape index (κ2) is 5.55. The Bertz CT molecular complexity index is 531. The molecule has 96 valence electrons. The number of hydrogen-bond donors (Lipinski definition) is 1. The van der Waals surface area contributed by atoms with Crippen molar-refractivity contribution in [3.05, 3.63) is 51.2 Å². The molecule has 2 aromatic rings. The van der Waals surface area contributed by atoms with E-state index in [4.69, 9.17) is 4.74 Å². The first-order valence-corrected chi connectivity index (χ1v) is 6.79. The first-order chi connectivity index (χ1) is 8.60. The molecule has 0 saturated heterocycles. The lowest BCUT2D eigenvalue weighted by Crippen LogP contribution is -2.02. The van der Waals surface area contributed by atoms with Crippen molar-refractivity contribution in [1.29, 1.82) is 0 Å². The van der Waals surface area contributed by atoms with Crippen molar-refractivity contribution in [1.82, 2.24) is 0 Å². The van der Waals surface area contributed by atoms with Gasteiger partial charge in [0, 0.05) is 16.2 Å². The second-order valence-electron chi connectivity index (χ2n) is 4.48. The van der Waals surface area contributed by atoms with E-state index < -0.39 is 6.10 Å². The number of aliphatic hydroxyl groups excluding tert-OH is 1. The summed E-state index contributed by atoms with van der Waals surface area (Å²) < 4.78 is 5.33. The summed E-state index contributed by atoms with van der Waals surface area (Å²) >= 11 is 1.64. The molecule has 0 aliphatic heterocycles. The molecule has 1 atom stereocenters. The molecule has 2 nitrogen and oxygen atoms in total. The van der Waals surface area contributed by atoms with Gasteiger partial charge in [0.05, 0.1) is 13.2 Å². The van der Waals surface area contributed by atoms with Gasteiger partial charge < -0.3 is 9.84 Å². The molecule has 0 amide bonds. The molecule has 1 aromatic carbocycles. The second-order valence-corrected chi connectivity index (χ2v) is 5.80. The molecule has 0 aliphatic rings. The maximum absolute atomic E-state index is 10.3. The average Bonchev–Trinajstić information content (AvgIpc) is 2.76. The molecule has 0 spiro atoms. The van der Waals surface area contributed by atoms with E-state index in [0.29, 0.717) is 6.42 Å². The topological polar surface area (TPSA) is 29.5 Å². The monoisotopic (exact) mass is 262 g/mol. The van der Waals surface area contributed by atoms with E-state index in [1.807, 2.05) is 38.1 Å². The molecule has 0 bridgehead atoms. The van der Waals surface area contributed by atoms with E-state index in [1.165, 1.54) is 10.4 Å². The fourth-order valence-corrected chi connectivity index (χ4v) is 2.87. The summed E-state index contributed by atoms with van der Waals surface area (Å²) in [5.74, 6) is 0.841. The smallest absolute Gasteiger partial charge is 0.122 e. The zero-order valence-electron chi connectivity index (χ0n) is 10.9. The lowest BCUT2D eigenvalue weighted by atomic mass is 10.0. The summed E-state index contributed by atoms with van der Waals surface area (Å²) in [4.78, 5) is 2.23. The molecule has 0 saturated carbocycles. The van der Waals surface area contributed by atoms with Crippen molar-refractivity contribution in [3.8, 4) is 5.75 Å². The highest BCUT2D eigenvalue weighted by molar-refractivity contribution is 7.12. The number of ether oxygens (including phenoxy) is 1. The summed E-state index contributed by atoms with van der Waals surface area (Å²) in [6, 6.07) is 10.1. The van der Waals surface area contributed by atoms with Crippen LogP contribution in [0.3, 0.4) is 0 Å². The van der Waals surface area contributed by atoms with E-state index in [0.717, 1.165) is 16.2 Å². The average molecular weight is 262 g/mol. The van der Waals surface area contributed by atoms with Gasteiger partial charge in [-0.25, -0.2) is 0 Å². The highest BCUT2D eigenvalue weighted by Crippen LogP contribution is 2.29. The van der Waals surface area contributed by atoms with E-state index in [1.54, 1.807) is 18.4 Å². The third kappa shape index (κ3) is 2.92. The number of thiophene rings is 1. The SMILES string of the molecule is COc1ccc(C)cc1CC(O)c1ccc(C)s1. The van der Waals surface area contributed by atoms with Gasteiger partial charge in [0.1, 0.15) is 5.75 Å². The Morgan fingerprint density at radius 2 is 2.00 bits per heavy atom. The Morgan fingerprint density at radius 1 is 1.22 bits per heavy atom. The molecule has 0 radical (unpaired) electrons. The Morgan fingerprint density at radius 3 is 2.61 bits per heavy atom. The minimum atomic E-state index is -0.459. The maximum atomic E-state index is 10.3. The Hall–Kier alpha value is -1.32. The number of benzene rings is 1. The molecule has 1 N–H and O–H groups in total. The van der Waals surface area contributed by atoms with Crippen LogP contribution in [-0.4, -0.2) is 12.2 Å². The molecular formula is C15H18O2S. The Kier molecular flexibility index (Phi) is 4.04. The van der Waals surface area contributed by atoms with Crippen LogP contribution in [0, 0.1) is 13.8 Å². The van der Waals surface area contributed by atoms with Crippen molar-refractivity contribution in [2.24, 2.45) is 0 Å². The molecule has 2 rings (SSSR count). The van der Waals surface area contributed by atoms with Gasteiger partial charge in [-0.3, -0.25) is 0 Å². The van der Waals surface area contributed by atoms with E-state index in [-0.39, 0.29) is 0 Å². The number of rotatable bonds is 4. The summed E-state index contributed by atoms with van der Waals surface area (Å²) in [6.45, 7) is 4.10. The molecule has 1 aromatic heterocycles. The van der Waals surface area contributed by atoms with Crippen LogP contribution in [0.4, 0.5) is 0 Å². The van der Waals surface area contributed by atoms with Crippen LogP contribution in [0.25, 0.3) is 0 Å². The van der Waals surface area contributed by atoms with Crippen molar-refractivity contribution in [2.45, 2.75) is 26.4 Å². The largest absolute Gasteiger partial charge is 0.496 e. The molecule has 1 unspecified atom stereocenters. The van der Waals surface area contributed by atoms with Gasteiger partial charge in [0.25, 0.3) is 0 Å². The molecule has 1 heterocycles. The molecule has 0 fully saturated rings. The first kappa shape index (κ1) is 13.1. The van der Waals surface area contributed by atoms with E-state index in [9.17, 15) is 5.11 Å². The van der Waals surface area contributed by atoms with Crippen LogP contribution in [0.2, 0.25) is 0 Å². The minimum absolute atomic E-state index is 0.459. The number of hydrogen-bond acceptors (Lipinski definition) is 3. The van der Waals surface area contributed by atoms with E-state index in [2.05, 4.69) is 6.07 Å². The zero-order chi connectivity index (χ0) is 13.1. The predicted molar refractivity (Wildman–Crippen MR) is 75.5 cm³/mol. The quantitative estimate of drug-likeness (QED) is 0.911. The summed E-state index contributed by atoms with van der Waals surface area (Å²) in [7, 11) is 1.66. The van der Waals surface area contributed by atoms with Crippen LogP contribution >= 0.6 is 11.3 Å². The van der Waals surface area contributed by atoms with Crippen molar-refractivity contribution < 1.29 is 9.84 Å². The number of aliphatic hydroxyl groups is 1. The van der Waals surface area contributed by atoms with E-state index >= 15 is 0 Å². The lowest BCUT2D eigenvalue weighted by Gasteiger charge is -2.13. The van der Waals surface area contributed by atoms with Crippen LogP contribution in [0.5, 0.6) is 5.75 Å². The van der Waals surface area contributed by atoms with Crippen molar-refractivity contribution in [2.75, 3.05) is 7.11 Å².